The maximum Gasteiger partial charge on any atom is 0.0169 e. The molecule has 1 saturated heterocycles. The van der Waals surface area contributed by atoms with E-state index in [1.165, 1.54) is 19.3 Å². The molecular formula is C11H22N2. The van der Waals surface area contributed by atoms with Gasteiger partial charge in [-0.25, -0.2) is 0 Å². The van der Waals surface area contributed by atoms with Crippen LogP contribution < -0.4 is 5.73 Å². The van der Waals surface area contributed by atoms with Crippen molar-refractivity contribution in [3.63, 3.8) is 0 Å². The molecule has 0 bridgehead atoms. The Morgan fingerprint density at radius 1 is 1.23 bits per heavy atom. The smallest absolute Gasteiger partial charge is 0.0169 e. The largest absolute Gasteiger partial charge is 0.327 e. The van der Waals surface area contributed by atoms with Gasteiger partial charge in [0, 0.05) is 25.2 Å². The Morgan fingerprint density at radius 3 is 2.38 bits per heavy atom. The highest BCUT2D eigenvalue weighted by Crippen LogP contribution is 2.21. The summed E-state index contributed by atoms with van der Waals surface area (Å²) in [5.74, 6) is 0. The second kappa shape index (κ2) is 5.40. The van der Waals surface area contributed by atoms with Gasteiger partial charge in [0.25, 0.3) is 0 Å². The summed E-state index contributed by atoms with van der Waals surface area (Å²) in [6, 6.07) is 1.48. The van der Waals surface area contributed by atoms with Crippen LogP contribution in [0.5, 0.6) is 0 Å². The van der Waals surface area contributed by atoms with Crippen LogP contribution in [0.1, 0.15) is 33.1 Å². The molecule has 0 aromatic carbocycles. The molecule has 1 aliphatic heterocycles. The number of rotatable bonds is 3. The Morgan fingerprint density at radius 2 is 1.85 bits per heavy atom. The Bertz CT molecular complexity index is 155. The zero-order valence-electron chi connectivity index (χ0n) is 8.87. The van der Waals surface area contributed by atoms with Crippen LogP contribution in [0, 0.1) is 0 Å². The maximum atomic E-state index is 5.41. The summed E-state index contributed by atoms with van der Waals surface area (Å²) in [7, 11) is 0. The second-order valence-electron chi connectivity index (χ2n) is 4.03. The van der Waals surface area contributed by atoms with Crippen LogP contribution in [0.25, 0.3) is 0 Å². The molecule has 0 aliphatic carbocycles. The van der Waals surface area contributed by atoms with Gasteiger partial charge in [0.1, 0.15) is 0 Å². The van der Waals surface area contributed by atoms with Crippen LogP contribution in [0.2, 0.25) is 0 Å². The van der Waals surface area contributed by atoms with E-state index in [9.17, 15) is 0 Å². The minimum absolute atomic E-state index is 0.663. The third-order valence-corrected chi connectivity index (χ3v) is 3.00. The molecule has 0 saturated carbocycles. The fourth-order valence-electron chi connectivity index (χ4n) is 2.13. The number of piperidine rings is 1. The van der Waals surface area contributed by atoms with Crippen molar-refractivity contribution >= 4 is 0 Å². The van der Waals surface area contributed by atoms with Gasteiger partial charge in [-0.1, -0.05) is 18.6 Å². The third kappa shape index (κ3) is 3.12. The van der Waals surface area contributed by atoms with E-state index in [2.05, 4.69) is 24.8 Å². The van der Waals surface area contributed by atoms with Crippen molar-refractivity contribution in [1.82, 2.24) is 4.90 Å². The van der Waals surface area contributed by atoms with Crippen LogP contribution in [0.4, 0.5) is 0 Å². The first-order chi connectivity index (χ1) is 6.25. The van der Waals surface area contributed by atoms with Gasteiger partial charge >= 0.3 is 0 Å². The first-order valence-corrected chi connectivity index (χ1v) is 5.36. The van der Waals surface area contributed by atoms with Crippen molar-refractivity contribution in [2.75, 3.05) is 13.1 Å². The Balaban J connectivity index is 2.39. The van der Waals surface area contributed by atoms with E-state index in [1.807, 2.05) is 6.08 Å². The van der Waals surface area contributed by atoms with Crippen LogP contribution in [0.15, 0.2) is 12.2 Å². The summed E-state index contributed by atoms with van der Waals surface area (Å²) in [5.41, 5.74) is 5.41. The lowest BCUT2D eigenvalue weighted by atomic mass is 9.98. The van der Waals surface area contributed by atoms with E-state index in [-0.39, 0.29) is 0 Å². The van der Waals surface area contributed by atoms with Crippen LogP contribution in [0.3, 0.4) is 0 Å². The molecule has 76 valence electrons. The highest BCUT2D eigenvalue weighted by Gasteiger charge is 2.22. The van der Waals surface area contributed by atoms with Gasteiger partial charge in [-0.3, -0.25) is 4.90 Å². The molecule has 1 fully saturated rings. The monoisotopic (exact) mass is 182 g/mol. The zero-order chi connectivity index (χ0) is 9.68. The molecule has 2 atom stereocenters. The molecule has 13 heavy (non-hydrogen) atoms. The predicted octanol–water partition coefficient (Wildman–Crippen LogP) is 1.76. The van der Waals surface area contributed by atoms with Crippen LogP contribution >= 0.6 is 0 Å². The number of hydrogen-bond acceptors (Lipinski definition) is 2. The average Bonchev–Trinajstić information content (AvgIpc) is 2.10. The molecule has 1 heterocycles. The summed E-state index contributed by atoms with van der Waals surface area (Å²) in [6.07, 6.45) is 8.33. The standard InChI is InChI=1S/C11H22N2/c1-10-6-5-7-11(2)13(10)9-4-3-8-12/h3-4,10-11H,5-9,12H2,1-2H3/b4-3+/t10-,11+. The highest BCUT2D eigenvalue weighted by molar-refractivity contribution is 4.90. The Hall–Kier alpha value is -0.340. The molecule has 2 nitrogen and oxygen atoms in total. The van der Waals surface area contributed by atoms with Gasteiger partial charge in [0.2, 0.25) is 0 Å². The quantitative estimate of drug-likeness (QED) is 0.674. The van der Waals surface area contributed by atoms with Crippen molar-refractivity contribution in [1.29, 1.82) is 0 Å². The first-order valence-electron chi connectivity index (χ1n) is 5.36. The van der Waals surface area contributed by atoms with Gasteiger partial charge in [0.15, 0.2) is 0 Å². The molecule has 0 aromatic rings. The molecule has 0 radical (unpaired) electrons. The van der Waals surface area contributed by atoms with Crippen molar-refractivity contribution < 1.29 is 0 Å². The van der Waals surface area contributed by atoms with Crippen LogP contribution in [-0.4, -0.2) is 30.1 Å². The Kier molecular flexibility index (Phi) is 4.46. The van der Waals surface area contributed by atoms with E-state index in [0.717, 1.165) is 18.6 Å². The number of hydrogen-bond donors (Lipinski definition) is 1. The van der Waals surface area contributed by atoms with Crippen molar-refractivity contribution in [2.24, 2.45) is 5.73 Å². The fraction of sp³-hybridized carbons (Fsp3) is 0.818. The normalized spacial score (nSPS) is 31.3. The highest BCUT2D eigenvalue weighted by atomic mass is 15.2. The van der Waals surface area contributed by atoms with Gasteiger partial charge in [-0.15, -0.1) is 0 Å². The topological polar surface area (TPSA) is 29.3 Å². The van der Waals surface area contributed by atoms with Crippen molar-refractivity contribution in [2.45, 2.75) is 45.2 Å². The average molecular weight is 182 g/mol. The number of likely N-dealkylation sites (tertiary alicyclic amines) is 1. The molecule has 1 rings (SSSR count). The third-order valence-electron chi connectivity index (χ3n) is 3.00. The van der Waals surface area contributed by atoms with Crippen molar-refractivity contribution in [3.05, 3.63) is 12.2 Å². The van der Waals surface area contributed by atoms with Gasteiger partial charge in [0.05, 0.1) is 0 Å². The molecule has 2 N–H and O–H groups in total. The van der Waals surface area contributed by atoms with Gasteiger partial charge in [-0.05, 0) is 26.7 Å². The summed E-state index contributed by atoms with van der Waals surface area (Å²) in [4.78, 5) is 2.57. The van der Waals surface area contributed by atoms with Crippen LogP contribution in [-0.2, 0) is 0 Å². The van der Waals surface area contributed by atoms with E-state index in [1.54, 1.807) is 0 Å². The summed E-state index contributed by atoms with van der Waals surface area (Å²) >= 11 is 0. The lowest BCUT2D eigenvalue weighted by Crippen LogP contribution is -2.43. The lowest BCUT2D eigenvalue weighted by molar-refractivity contribution is 0.119. The molecule has 0 unspecified atom stereocenters. The molecule has 0 amide bonds. The van der Waals surface area contributed by atoms with E-state index in [4.69, 9.17) is 5.73 Å². The molecule has 0 spiro atoms. The summed E-state index contributed by atoms with van der Waals surface area (Å²) in [5, 5.41) is 0. The zero-order valence-corrected chi connectivity index (χ0v) is 8.87. The minimum Gasteiger partial charge on any atom is -0.327 e. The molecule has 2 heteroatoms. The molecular weight excluding hydrogens is 160 g/mol. The Labute approximate surface area is 81.8 Å². The first kappa shape index (κ1) is 10.7. The minimum atomic E-state index is 0.663. The summed E-state index contributed by atoms with van der Waals surface area (Å²) in [6.45, 7) is 6.38. The second-order valence-corrected chi connectivity index (χ2v) is 4.03. The fourth-order valence-corrected chi connectivity index (χ4v) is 2.13. The van der Waals surface area contributed by atoms with Gasteiger partial charge < -0.3 is 5.73 Å². The summed E-state index contributed by atoms with van der Waals surface area (Å²) < 4.78 is 0. The number of nitrogens with zero attached hydrogens (tertiary/aromatic N) is 1. The van der Waals surface area contributed by atoms with E-state index < -0.39 is 0 Å². The van der Waals surface area contributed by atoms with E-state index >= 15 is 0 Å². The predicted molar refractivity (Wildman–Crippen MR) is 57.7 cm³/mol. The van der Waals surface area contributed by atoms with Crippen molar-refractivity contribution in [3.8, 4) is 0 Å². The molecule has 0 aromatic heterocycles. The van der Waals surface area contributed by atoms with E-state index in [0.29, 0.717) is 6.54 Å². The SMILES string of the molecule is C[C@@H]1CCC[C@H](C)N1C/C=C/CN. The number of nitrogens with two attached hydrogens (primary N) is 1. The van der Waals surface area contributed by atoms with Gasteiger partial charge in [-0.2, -0.15) is 0 Å². The molecule has 1 aliphatic rings. The lowest BCUT2D eigenvalue weighted by Gasteiger charge is -2.38. The maximum absolute atomic E-state index is 5.41.